The van der Waals surface area contributed by atoms with Crippen LogP contribution in [0.4, 0.5) is 14.5 Å². The summed E-state index contributed by atoms with van der Waals surface area (Å²) in [5.41, 5.74) is -3.36. The minimum absolute atomic E-state index is 0.0297. The van der Waals surface area contributed by atoms with Crippen LogP contribution in [0.25, 0.3) is 0 Å². The van der Waals surface area contributed by atoms with E-state index in [9.17, 15) is 24.6 Å². The minimum Gasteiger partial charge on any atom is -0.390 e. The number of ketones is 2. The number of amides is 1. The van der Waals surface area contributed by atoms with Gasteiger partial charge in [-0.25, -0.2) is 8.78 Å². The zero-order valence-electron chi connectivity index (χ0n) is 25.6. The Morgan fingerprint density at radius 1 is 1.11 bits per heavy atom. The van der Waals surface area contributed by atoms with Crippen LogP contribution in [0, 0.1) is 22.7 Å². The molecule has 1 heterocycles. The lowest BCUT2D eigenvalue weighted by Gasteiger charge is -2.63. The summed E-state index contributed by atoms with van der Waals surface area (Å²) in [7, 11) is 0. The van der Waals surface area contributed by atoms with Crippen molar-refractivity contribution >= 4 is 23.7 Å². The molecule has 8 nitrogen and oxygen atoms in total. The molecular weight excluding hydrogens is 596 g/mol. The van der Waals surface area contributed by atoms with Crippen LogP contribution in [-0.4, -0.2) is 64.4 Å². The predicted octanol–water partition coefficient (Wildman–Crippen LogP) is 4.49. The molecule has 0 bridgehead atoms. The van der Waals surface area contributed by atoms with Crippen molar-refractivity contribution in [2.24, 2.45) is 22.7 Å². The van der Waals surface area contributed by atoms with Gasteiger partial charge < -0.3 is 25.0 Å². The van der Waals surface area contributed by atoms with Gasteiger partial charge in [0.05, 0.1) is 12.2 Å². The summed E-state index contributed by atoms with van der Waals surface area (Å²) in [6.07, 6.45) is -0.310. The number of carbonyl (C=O) groups is 3. The molecule has 4 fully saturated rings. The Morgan fingerprint density at radius 2 is 1.87 bits per heavy atom. The molecule has 10 atom stereocenters. The number of benzene rings is 2. The molecule has 3 N–H and O–H groups in total. The first-order valence-corrected chi connectivity index (χ1v) is 15.7. The van der Waals surface area contributed by atoms with Crippen LogP contribution >= 0.6 is 0 Å². The first-order chi connectivity index (χ1) is 21.9. The Labute approximate surface area is 265 Å². The van der Waals surface area contributed by atoms with Gasteiger partial charge in [0, 0.05) is 28.0 Å². The first kappa shape index (κ1) is 31.1. The zero-order valence-corrected chi connectivity index (χ0v) is 25.6. The highest BCUT2D eigenvalue weighted by Crippen LogP contribution is 2.72. The zero-order chi connectivity index (χ0) is 32.6. The maximum atomic E-state index is 17.6. The van der Waals surface area contributed by atoms with Gasteiger partial charge in [-0.1, -0.05) is 49.4 Å². The number of aliphatic hydroxyl groups is 2. The van der Waals surface area contributed by atoms with Crippen molar-refractivity contribution in [3.8, 4) is 0 Å². The average molecular weight is 634 g/mol. The van der Waals surface area contributed by atoms with Gasteiger partial charge in [0.2, 0.25) is 6.41 Å². The molecule has 1 aliphatic heterocycles. The number of halogens is 2. The van der Waals surface area contributed by atoms with Crippen LogP contribution < -0.4 is 5.32 Å². The van der Waals surface area contributed by atoms with E-state index in [0.29, 0.717) is 24.1 Å². The molecule has 10 heteroatoms. The van der Waals surface area contributed by atoms with Crippen LogP contribution in [0.15, 0.2) is 72.3 Å². The number of aliphatic hydroxyl groups excluding tert-OH is 2. The van der Waals surface area contributed by atoms with Crippen molar-refractivity contribution in [1.29, 1.82) is 0 Å². The molecule has 1 amide bonds. The van der Waals surface area contributed by atoms with Gasteiger partial charge >= 0.3 is 0 Å². The maximum absolute atomic E-state index is 17.6. The van der Waals surface area contributed by atoms with E-state index in [4.69, 9.17) is 9.47 Å². The lowest BCUT2D eigenvalue weighted by atomic mass is 9.44. The molecule has 0 aromatic heterocycles. The molecule has 0 radical (unpaired) electrons. The summed E-state index contributed by atoms with van der Waals surface area (Å²) in [6, 6.07) is 15.0. The maximum Gasteiger partial charge on any atom is 0.211 e. The van der Waals surface area contributed by atoms with Crippen LogP contribution in [-0.2, 0) is 30.3 Å². The molecule has 1 saturated heterocycles. The number of anilines is 1. The number of hydrogen-bond donors (Lipinski definition) is 3. The van der Waals surface area contributed by atoms with E-state index in [-0.39, 0.29) is 24.8 Å². The number of nitrogens with one attached hydrogen (secondary N) is 1. The fourth-order valence-electron chi connectivity index (χ4n) is 9.58. The quantitative estimate of drug-likeness (QED) is 0.384. The number of carbonyl (C=O) groups excluding carboxylic acids is 3. The molecule has 46 heavy (non-hydrogen) atoms. The number of alkyl halides is 2. The third-order valence-electron chi connectivity index (χ3n) is 11.7. The minimum atomic E-state index is -2.30. The molecule has 4 aliphatic carbocycles. The van der Waals surface area contributed by atoms with Gasteiger partial charge in [-0.3, -0.25) is 14.4 Å². The highest BCUT2D eigenvalue weighted by molar-refractivity contribution is 6.01. The van der Waals surface area contributed by atoms with E-state index >= 15 is 8.78 Å². The Hall–Kier alpha value is -3.57. The fraction of sp³-hybridized carbons (Fsp3) is 0.472. The Kier molecular flexibility index (Phi) is 7.25. The van der Waals surface area contributed by atoms with Crippen molar-refractivity contribution in [3.05, 3.63) is 89.0 Å². The number of fused-ring (bicyclic) bond motifs is 7. The molecule has 3 saturated carbocycles. The molecule has 7 rings (SSSR count). The largest absolute Gasteiger partial charge is 0.390 e. The Balaban J connectivity index is 1.18. The lowest BCUT2D eigenvalue weighted by molar-refractivity contribution is -0.235. The molecule has 2 aromatic rings. The Morgan fingerprint density at radius 3 is 2.59 bits per heavy atom. The second-order valence-corrected chi connectivity index (χ2v) is 13.9. The van der Waals surface area contributed by atoms with Gasteiger partial charge in [-0.2, -0.15) is 0 Å². The van der Waals surface area contributed by atoms with Gasteiger partial charge in [-0.15, -0.1) is 0 Å². The van der Waals surface area contributed by atoms with Crippen molar-refractivity contribution in [2.75, 3.05) is 11.9 Å². The third kappa shape index (κ3) is 4.13. The van der Waals surface area contributed by atoms with E-state index in [1.54, 1.807) is 13.0 Å². The number of Topliss-reactive ketones (excluding diaryl/α,β-unsaturated/α-hetero) is 1. The molecule has 5 aliphatic rings. The van der Waals surface area contributed by atoms with Crippen molar-refractivity contribution in [2.45, 2.75) is 75.5 Å². The highest BCUT2D eigenvalue weighted by atomic mass is 19.1. The van der Waals surface area contributed by atoms with E-state index < -0.39 is 76.8 Å². The van der Waals surface area contributed by atoms with Gasteiger partial charge in [-0.05, 0) is 79.5 Å². The van der Waals surface area contributed by atoms with Crippen LogP contribution in [0.1, 0.15) is 56.1 Å². The van der Waals surface area contributed by atoms with Gasteiger partial charge in [0.1, 0.15) is 12.8 Å². The predicted molar refractivity (Wildman–Crippen MR) is 163 cm³/mol. The summed E-state index contributed by atoms with van der Waals surface area (Å²) in [5, 5.41) is 24.5. The molecule has 242 valence electrons. The smallest absolute Gasteiger partial charge is 0.211 e. The van der Waals surface area contributed by atoms with Crippen LogP contribution in [0.5, 0.6) is 0 Å². The number of ether oxygens (including phenoxy) is 2. The normalized spacial score (nSPS) is 40.7. The van der Waals surface area contributed by atoms with Gasteiger partial charge in [0.25, 0.3) is 0 Å². The highest BCUT2D eigenvalue weighted by Gasteiger charge is 2.80. The Bertz CT molecular complexity index is 1660. The average Bonchev–Trinajstić information content (AvgIpc) is 3.53. The first-order valence-electron chi connectivity index (χ1n) is 15.7. The van der Waals surface area contributed by atoms with Crippen molar-refractivity contribution in [3.63, 3.8) is 0 Å². The number of allylic oxidation sites excluding steroid dienone is 4. The van der Waals surface area contributed by atoms with Crippen molar-refractivity contribution < 1.29 is 42.9 Å². The summed E-state index contributed by atoms with van der Waals surface area (Å²) in [5.74, 6) is -2.66. The second kappa shape index (κ2) is 10.7. The van der Waals surface area contributed by atoms with E-state index in [2.05, 4.69) is 5.32 Å². The SMILES string of the molecule is CC12C=CC(=O)C=C1[C@@H](F)CC1[C@@H]3C[C@H]4OC(c5ccc(Cc6cccc(NC=O)c6)cc5)O[C@@]4(C(=O)CO)C3(C)CC(O)[C@@]12F. The summed E-state index contributed by atoms with van der Waals surface area (Å²) in [4.78, 5) is 36.7. The molecule has 5 unspecified atom stereocenters. The molecular formula is C36H37F2NO7. The summed E-state index contributed by atoms with van der Waals surface area (Å²) in [6.45, 7) is 2.45. The topological polar surface area (TPSA) is 122 Å². The number of rotatable bonds is 7. The lowest BCUT2D eigenvalue weighted by Crippen LogP contribution is -2.70. The number of hydrogen-bond acceptors (Lipinski definition) is 7. The van der Waals surface area contributed by atoms with Crippen molar-refractivity contribution in [1.82, 2.24) is 0 Å². The molecule has 0 spiro atoms. The van der Waals surface area contributed by atoms with Gasteiger partial charge in [0.15, 0.2) is 29.1 Å². The fourth-order valence-corrected chi connectivity index (χ4v) is 9.58. The van der Waals surface area contributed by atoms with E-state index in [1.165, 1.54) is 19.1 Å². The summed E-state index contributed by atoms with van der Waals surface area (Å²) >= 11 is 0. The molecule has 2 aromatic carbocycles. The third-order valence-corrected chi connectivity index (χ3v) is 11.7. The van der Waals surface area contributed by atoms with Crippen LogP contribution in [0.3, 0.4) is 0 Å². The van der Waals surface area contributed by atoms with E-state index in [0.717, 1.165) is 17.2 Å². The van der Waals surface area contributed by atoms with Crippen LogP contribution in [0.2, 0.25) is 0 Å². The monoisotopic (exact) mass is 633 g/mol. The summed E-state index contributed by atoms with van der Waals surface area (Å²) < 4.78 is 46.3. The van der Waals surface area contributed by atoms with E-state index in [1.807, 2.05) is 42.5 Å². The standard InChI is InChI=1S/C36H37F2NO7/c1-33-11-10-24(42)14-27(33)28(37)15-26-25-16-31-36(30(44)18-40,34(25,2)17-29(43)35(26,33)38)46-32(45-31)22-8-6-20(7-9-22)12-21-4-3-5-23(13-21)39-19-41/h3-11,13-14,19,25-26,28-29,31-32,40,43H,12,15-18H2,1-2H3,(H,39,41)/t25-,26?,28-,29?,31+,32?,33?,34?,35-,36+/m0/s1. The second-order valence-electron chi connectivity index (χ2n) is 13.9.